The highest BCUT2D eigenvalue weighted by Crippen LogP contribution is 2.33. The molecule has 1 aromatic carbocycles. The summed E-state index contributed by atoms with van der Waals surface area (Å²) in [6.45, 7) is 0. The standard InChI is InChI=1S/C20H19F3N6O3S/c1-27-16-15(17(31)28(2)19(27)32)13(29(3)26-16)8-14(30)25-18-24-12(9-33-18)10-4-6-11(7-5-10)20(21,22)23/h4-7,9,16,26H,8H2,1-3H3,(H,24,25,30). The highest BCUT2D eigenvalue weighted by Gasteiger charge is 2.45. The Morgan fingerprint density at radius 1 is 1.18 bits per heavy atom. The first-order chi connectivity index (χ1) is 15.5. The molecule has 9 nitrogen and oxygen atoms in total. The molecule has 2 aromatic rings. The van der Waals surface area contributed by atoms with Crippen LogP contribution in [-0.4, -0.2) is 64.9 Å². The molecule has 0 aliphatic carbocycles. The van der Waals surface area contributed by atoms with Crippen molar-refractivity contribution in [1.82, 2.24) is 25.2 Å². The van der Waals surface area contributed by atoms with Gasteiger partial charge in [-0.1, -0.05) is 12.1 Å². The molecule has 4 amide bonds. The Morgan fingerprint density at radius 2 is 1.85 bits per heavy atom. The number of amides is 4. The number of halogens is 3. The second kappa shape index (κ2) is 8.15. The number of anilines is 1. The van der Waals surface area contributed by atoms with Crippen molar-refractivity contribution in [2.24, 2.45) is 0 Å². The topological polar surface area (TPSA) is 97.9 Å². The maximum atomic E-state index is 12.7. The van der Waals surface area contributed by atoms with Crippen molar-refractivity contribution in [3.63, 3.8) is 0 Å². The molecule has 0 radical (unpaired) electrons. The van der Waals surface area contributed by atoms with Gasteiger partial charge in [0.25, 0.3) is 5.91 Å². The summed E-state index contributed by atoms with van der Waals surface area (Å²) in [5.41, 5.74) is 3.87. The molecule has 174 valence electrons. The molecule has 0 bridgehead atoms. The number of thiazole rings is 1. The van der Waals surface area contributed by atoms with Gasteiger partial charge in [-0.2, -0.15) is 13.2 Å². The molecule has 2 aliphatic heterocycles. The molecule has 4 rings (SSSR count). The minimum Gasteiger partial charge on any atom is -0.312 e. The molecule has 1 fully saturated rings. The Kier molecular flexibility index (Phi) is 5.62. The van der Waals surface area contributed by atoms with Crippen LogP contribution in [-0.2, 0) is 15.8 Å². The number of hydrogen-bond acceptors (Lipinski definition) is 7. The average molecular weight is 480 g/mol. The van der Waals surface area contributed by atoms with Crippen molar-refractivity contribution in [2.45, 2.75) is 18.8 Å². The fourth-order valence-corrected chi connectivity index (χ4v) is 4.36. The molecule has 1 aromatic heterocycles. The van der Waals surface area contributed by atoms with Crippen LogP contribution in [0.15, 0.2) is 40.9 Å². The van der Waals surface area contributed by atoms with Gasteiger partial charge in [0.15, 0.2) is 5.13 Å². The second-order valence-electron chi connectivity index (χ2n) is 7.55. The van der Waals surface area contributed by atoms with Crippen LogP contribution < -0.4 is 10.7 Å². The first-order valence-electron chi connectivity index (χ1n) is 9.68. The van der Waals surface area contributed by atoms with Crippen molar-refractivity contribution < 1.29 is 27.6 Å². The summed E-state index contributed by atoms with van der Waals surface area (Å²) in [5, 5.41) is 6.08. The molecule has 1 atom stereocenters. The zero-order valence-corrected chi connectivity index (χ0v) is 18.5. The van der Waals surface area contributed by atoms with E-state index in [0.717, 1.165) is 28.4 Å². The van der Waals surface area contributed by atoms with Crippen LogP contribution in [0.4, 0.5) is 23.1 Å². The number of hydrogen-bond donors (Lipinski definition) is 2. The van der Waals surface area contributed by atoms with Crippen LogP contribution >= 0.6 is 11.3 Å². The molecule has 13 heteroatoms. The fraction of sp³-hybridized carbons (Fsp3) is 0.300. The van der Waals surface area contributed by atoms with Gasteiger partial charge in [-0.3, -0.25) is 14.5 Å². The van der Waals surface area contributed by atoms with E-state index >= 15 is 0 Å². The summed E-state index contributed by atoms with van der Waals surface area (Å²) >= 11 is 1.13. The minimum absolute atomic E-state index is 0.147. The van der Waals surface area contributed by atoms with Crippen molar-refractivity contribution in [3.8, 4) is 11.3 Å². The van der Waals surface area contributed by atoms with E-state index in [2.05, 4.69) is 15.7 Å². The van der Waals surface area contributed by atoms with Gasteiger partial charge in [0.05, 0.1) is 28.9 Å². The molecular formula is C20H19F3N6O3S. The Hall–Kier alpha value is -3.45. The molecule has 1 saturated heterocycles. The third-order valence-electron chi connectivity index (χ3n) is 5.40. The number of likely N-dealkylation sites (N-methyl/N-ethyl adjacent to an activating group) is 2. The predicted molar refractivity (Wildman–Crippen MR) is 113 cm³/mol. The highest BCUT2D eigenvalue weighted by molar-refractivity contribution is 7.14. The number of imide groups is 1. The Bertz CT molecular complexity index is 1160. The van der Waals surface area contributed by atoms with Gasteiger partial charge in [0, 0.05) is 32.1 Å². The van der Waals surface area contributed by atoms with E-state index in [1.165, 1.54) is 29.1 Å². The number of fused-ring (bicyclic) bond motifs is 1. The lowest BCUT2D eigenvalue weighted by Crippen LogP contribution is -2.58. The number of nitrogens with zero attached hydrogens (tertiary/aromatic N) is 4. The number of benzene rings is 1. The van der Waals surface area contributed by atoms with Crippen molar-refractivity contribution in [2.75, 3.05) is 26.5 Å². The van der Waals surface area contributed by atoms with Crippen LogP contribution in [0.5, 0.6) is 0 Å². The normalized spacial score (nSPS) is 18.8. The molecule has 3 heterocycles. The van der Waals surface area contributed by atoms with E-state index in [9.17, 15) is 27.6 Å². The number of carbonyl (C=O) groups is 3. The number of urea groups is 1. The van der Waals surface area contributed by atoms with Crippen LogP contribution in [0, 0.1) is 0 Å². The third-order valence-corrected chi connectivity index (χ3v) is 6.16. The number of rotatable bonds is 4. The average Bonchev–Trinajstić information content (AvgIpc) is 3.35. The third kappa shape index (κ3) is 4.16. The summed E-state index contributed by atoms with van der Waals surface area (Å²) in [6.07, 6.45) is -5.24. The van der Waals surface area contributed by atoms with Crippen molar-refractivity contribution in [1.29, 1.82) is 0 Å². The van der Waals surface area contributed by atoms with E-state index in [4.69, 9.17) is 0 Å². The first kappa shape index (κ1) is 22.7. The summed E-state index contributed by atoms with van der Waals surface area (Å²) in [7, 11) is 4.57. The molecule has 1 unspecified atom stereocenters. The van der Waals surface area contributed by atoms with Gasteiger partial charge in [-0.15, -0.1) is 11.3 Å². The second-order valence-corrected chi connectivity index (χ2v) is 8.40. The SMILES string of the molecule is CN1NC2C(=C1CC(=O)Nc1nc(-c3ccc(C(F)(F)F)cc3)cs1)C(=O)N(C)C(=O)N2C. The Labute approximate surface area is 190 Å². The van der Waals surface area contributed by atoms with Crippen LogP contribution in [0.25, 0.3) is 11.3 Å². The summed E-state index contributed by atoms with van der Waals surface area (Å²) in [6, 6.07) is 4.12. The number of hydrazine groups is 1. The molecule has 33 heavy (non-hydrogen) atoms. The van der Waals surface area contributed by atoms with Gasteiger partial charge in [-0.05, 0) is 12.1 Å². The Balaban J connectivity index is 1.48. The largest absolute Gasteiger partial charge is 0.416 e. The van der Waals surface area contributed by atoms with Gasteiger partial charge >= 0.3 is 12.2 Å². The number of aromatic nitrogens is 1. The van der Waals surface area contributed by atoms with Gasteiger partial charge in [0.2, 0.25) is 5.91 Å². The van der Waals surface area contributed by atoms with E-state index in [-0.39, 0.29) is 11.6 Å². The van der Waals surface area contributed by atoms with E-state index in [0.29, 0.717) is 22.5 Å². The summed E-state index contributed by atoms with van der Waals surface area (Å²) in [5.74, 6) is -0.920. The lowest BCUT2D eigenvalue weighted by atomic mass is 10.1. The highest BCUT2D eigenvalue weighted by atomic mass is 32.1. The predicted octanol–water partition coefficient (Wildman–Crippen LogP) is 2.71. The van der Waals surface area contributed by atoms with Crippen LogP contribution in [0.2, 0.25) is 0 Å². The van der Waals surface area contributed by atoms with E-state index < -0.39 is 35.8 Å². The molecule has 0 spiro atoms. The molecule has 2 N–H and O–H groups in total. The zero-order valence-electron chi connectivity index (χ0n) is 17.7. The maximum Gasteiger partial charge on any atom is 0.416 e. The van der Waals surface area contributed by atoms with E-state index in [1.807, 2.05) is 0 Å². The summed E-state index contributed by atoms with van der Waals surface area (Å²) in [4.78, 5) is 44.1. The fourth-order valence-electron chi connectivity index (χ4n) is 3.62. The maximum absolute atomic E-state index is 12.7. The quantitative estimate of drug-likeness (QED) is 0.699. The molecular weight excluding hydrogens is 461 g/mol. The smallest absolute Gasteiger partial charge is 0.312 e. The number of carbonyl (C=O) groups excluding carboxylic acids is 3. The Morgan fingerprint density at radius 3 is 2.48 bits per heavy atom. The van der Waals surface area contributed by atoms with Gasteiger partial charge < -0.3 is 15.2 Å². The van der Waals surface area contributed by atoms with Crippen molar-refractivity contribution >= 4 is 34.3 Å². The van der Waals surface area contributed by atoms with Crippen LogP contribution in [0.3, 0.4) is 0 Å². The lowest BCUT2D eigenvalue weighted by Gasteiger charge is -2.35. The first-order valence-corrected chi connectivity index (χ1v) is 10.6. The molecule has 0 saturated carbocycles. The minimum atomic E-state index is -4.42. The number of nitrogens with one attached hydrogen (secondary N) is 2. The van der Waals surface area contributed by atoms with Crippen molar-refractivity contribution in [3.05, 3.63) is 46.5 Å². The lowest BCUT2D eigenvalue weighted by molar-refractivity contribution is -0.137. The van der Waals surface area contributed by atoms with E-state index in [1.54, 1.807) is 19.5 Å². The number of alkyl halides is 3. The zero-order chi connectivity index (χ0) is 24.1. The molecule has 2 aliphatic rings. The van der Waals surface area contributed by atoms with Crippen LogP contribution in [0.1, 0.15) is 12.0 Å². The monoisotopic (exact) mass is 480 g/mol. The van der Waals surface area contributed by atoms with Gasteiger partial charge in [-0.25, -0.2) is 15.2 Å². The van der Waals surface area contributed by atoms with Gasteiger partial charge in [0.1, 0.15) is 6.17 Å². The summed E-state index contributed by atoms with van der Waals surface area (Å²) < 4.78 is 38.2.